The molecule has 98 valence electrons. The Morgan fingerprint density at radius 3 is 2.44 bits per heavy atom. The van der Waals surface area contributed by atoms with Gasteiger partial charge < -0.3 is 0 Å². The Bertz CT molecular complexity index is 578. The second-order valence-corrected chi connectivity index (χ2v) is 7.25. The zero-order valence-corrected chi connectivity index (χ0v) is 11.9. The molecule has 0 saturated carbocycles. The lowest BCUT2D eigenvalue weighted by atomic mass is 10.0. The Morgan fingerprint density at radius 1 is 1.33 bits per heavy atom. The third-order valence-corrected chi connectivity index (χ3v) is 4.05. The lowest BCUT2D eigenvalue weighted by Crippen LogP contribution is -2.26. The van der Waals surface area contributed by atoms with Gasteiger partial charge in [-0.2, -0.15) is 5.26 Å². The molecule has 0 spiro atoms. The van der Waals surface area contributed by atoms with E-state index >= 15 is 0 Å². The molecule has 4 nitrogen and oxygen atoms in total. The van der Waals surface area contributed by atoms with Crippen molar-refractivity contribution in [3.05, 3.63) is 29.3 Å². The highest BCUT2D eigenvalue weighted by Gasteiger charge is 2.22. The smallest absolute Gasteiger partial charge is 0.233 e. The maximum atomic E-state index is 12.0. The van der Waals surface area contributed by atoms with Gasteiger partial charge in [0.2, 0.25) is 10.0 Å². The van der Waals surface area contributed by atoms with Gasteiger partial charge in [0, 0.05) is 0 Å². The second kappa shape index (κ2) is 4.99. The van der Waals surface area contributed by atoms with Crippen molar-refractivity contribution in [3.63, 3.8) is 0 Å². The summed E-state index contributed by atoms with van der Waals surface area (Å²) < 4.78 is 26.4. The third kappa shape index (κ3) is 4.04. The molecule has 0 amide bonds. The monoisotopic (exact) mass is 266 g/mol. The molecule has 0 unspecified atom stereocenters. The number of benzene rings is 1. The summed E-state index contributed by atoms with van der Waals surface area (Å²) in [7, 11) is -3.44. The van der Waals surface area contributed by atoms with Gasteiger partial charge in [-0.05, 0) is 24.0 Å². The number of nitrogens with zero attached hydrogens (tertiary/aromatic N) is 1. The van der Waals surface area contributed by atoms with Crippen LogP contribution >= 0.6 is 0 Å². The van der Waals surface area contributed by atoms with Gasteiger partial charge in [0.25, 0.3) is 0 Å². The normalized spacial score (nSPS) is 11.9. The molecule has 0 aliphatic heterocycles. The Hall–Kier alpha value is -1.54. The number of hydrogen-bond acceptors (Lipinski definition) is 3. The first-order chi connectivity index (χ1) is 8.14. The molecule has 0 heterocycles. The molecule has 0 aromatic heterocycles. The fourth-order valence-corrected chi connectivity index (χ4v) is 3.39. The molecule has 0 aliphatic rings. The van der Waals surface area contributed by atoms with Crippen molar-refractivity contribution in [2.45, 2.75) is 27.7 Å². The molecular formula is C13H18N2O2S. The summed E-state index contributed by atoms with van der Waals surface area (Å²) in [5, 5.41) is 9.04. The summed E-state index contributed by atoms with van der Waals surface area (Å²) in [6.07, 6.45) is 0. The summed E-state index contributed by atoms with van der Waals surface area (Å²) in [4.78, 5) is 0. The van der Waals surface area contributed by atoms with Gasteiger partial charge >= 0.3 is 0 Å². The average molecular weight is 266 g/mol. The van der Waals surface area contributed by atoms with Crippen LogP contribution in [-0.4, -0.2) is 14.2 Å². The molecule has 1 aromatic carbocycles. The van der Waals surface area contributed by atoms with Gasteiger partial charge in [-0.3, -0.25) is 4.72 Å². The van der Waals surface area contributed by atoms with E-state index in [1.807, 2.05) is 26.8 Å². The molecule has 0 atom stereocenters. The van der Waals surface area contributed by atoms with Gasteiger partial charge in [-0.1, -0.05) is 32.9 Å². The minimum absolute atomic E-state index is 0.0127. The lowest BCUT2D eigenvalue weighted by molar-refractivity contribution is 0.463. The zero-order valence-electron chi connectivity index (χ0n) is 11.1. The van der Waals surface area contributed by atoms with E-state index in [1.54, 1.807) is 25.1 Å². The summed E-state index contributed by atoms with van der Waals surface area (Å²) in [6.45, 7) is 7.34. The minimum atomic E-state index is -3.44. The largest absolute Gasteiger partial charge is 0.282 e. The maximum absolute atomic E-state index is 12.0. The molecule has 0 radical (unpaired) electrons. The SMILES string of the molecule is Cc1cccc(NS(=O)(=O)CC(C)(C)C)c1C#N. The number of rotatable bonds is 3. The van der Waals surface area contributed by atoms with Crippen LogP contribution in [0, 0.1) is 23.7 Å². The van der Waals surface area contributed by atoms with E-state index in [4.69, 9.17) is 5.26 Å². The van der Waals surface area contributed by atoms with Crippen molar-refractivity contribution in [2.75, 3.05) is 10.5 Å². The Labute approximate surface area is 109 Å². The highest BCUT2D eigenvalue weighted by Crippen LogP contribution is 2.22. The van der Waals surface area contributed by atoms with Gasteiger partial charge in [0.05, 0.1) is 17.0 Å². The molecule has 0 fully saturated rings. The molecular weight excluding hydrogens is 248 g/mol. The number of sulfonamides is 1. The molecule has 1 aromatic rings. The van der Waals surface area contributed by atoms with Gasteiger partial charge in [-0.25, -0.2) is 8.42 Å². The molecule has 0 saturated heterocycles. The van der Waals surface area contributed by atoms with Gasteiger partial charge in [-0.15, -0.1) is 0 Å². The fourth-order valence-electron chi connectivity index (χ4n) is 1.67. The molecule has 0 bridgehead atoms. The van der Waals surface area contributed by atoms with E-state index in [1.165, 1.54) is 0 Å². The molecule has 1 N–H and O–H groups in total. The van der Waals surface area contributed by atoms with Crippen LogP contribution < -0.4 is 4.72 Å². The Morgan fingerprint density at radius 2 is 1.94 bits per heavy atom. The average Bonchev–Trinajstić information content (AvgIpc) is 2.13. The molecule has 5 heteroatoms. The summed E-state index contributed by atoms with van der Waals surface area (Å²) >= 11 is 0. The highest BCUT2D eigenvalue weighted by molar-refractivity contribution is 7.92. The van der Waals surface area contributed by atoms with Crippen LogP contribution in [0.1, 0.15) is 31.9 Å². The summed E-state index contributed by atoms with van der Waals surface area (Å²) in [5.41, 5.74) is 1.15. The highest BCUT2D eigenvalue weighted by atomic mass is 32.2. The van der Waals surface area contributed by atoms with E-state index in [-0.39, 0.29) is 11.2 Å². The first-order valence-electron chi connectivity index (χ1n) is 5.65. The number of anilines is 1. The van der Waals surface area contributed by atoms with Crippen molar-refractivity contribution in [1.82, 2.24) is 0 Å². The van der Waals surface area contributed by atoms with E-state index < -0.39 is 10.0 Å². The number of nitrogens with one attached hydrogen (secondary N) is 1. The van der Waals surface area contributed by atoms with Crippen molar-refractivity contribution in [3.8, 4) is 6.07 Å². The van der Waals surface area contributed by atoms with Crippen molar-refractivity contribution >= 4 is 15.7 Å². The van der Waals surface area contributed by atoms with Crippen molar-refractivity contribution in [1.29, 1.82) is 5.26 Å². The van der Waals surface area contributed by atoms with Crippen LogP contribution in [0.5, 0.6) is 0 Å². The molecule has 1 rings (SSSR count). The third-order valence-electron chi connectivity index (χ3n) is 2.27. The minimum Gasteiger partial charge on any atom is -0.282 e. The van der Waals surface area contributed by atoms with Crippen molar-refractivity contribution < 1.29 is 8.42 Å². The second-order valence-electron chi connectivity index (χ2n) is 5.53. The van der Waals surface area contributed by atoms with Crippen LogP contribution in [0.4, 0.5) is 5.69 Å². The predicted octanol–water partition coefficient (Wildman–Crippen LogP) is 2.65. The van der Waals surface area contributed by atoms with E-state index in [9.17, 15) is 8.42 Å². The lowest BCUT2D eigenvalue weighted by Gasteiger charge is -2.19. The first kappa shape index (κ1) is 14.5. The predicted molar refractivity (Wildman–Crippen MR) is 72.8 cm³/mol. The number of hydrogen-bond donors (Lipinski definition) is 1. The number of aryl methyl sites for hydroxylation is 1. The summed E-state index contributed by atoms with van der Waals surface area (Å²) in [6, 6.07) is 7.13. The van der Waals surface area contributed by atoms with Crippen molar-refractivity contribution in [2.24, 2.45) is 5.41 Å². The standard InChI is InChI=1S/C13H18N2O2S/c1-10-6-5-7-12(11(10)8-14)15-18(16,17)9-13(2,3)4/h5-7,15H,9H2,1-4H3. The van der Waals surface area contributed by atoms with E-state index in [0.717, 1.165) is 5.56 Å². The maximum Gasteiger partial charge on any atom is 0.233 e. The van der Waals surface area contributed by atoms with E-state index in [2.05, 4.69) is 4.72 Å². The summed E-state index contributed by atoms with van der Waals surface area (Å²) in [5.74, 6) is 0.0127. The van der Waals surface area contributed by atoms with Crippen LogP contribution in [0.3, 0.4) is 0 Å². The fraction of sp³-hybridized carbons (Fsp3) is 0.462. The van der Waals surface area contributed by atoms with Gasteiger partial charge in [0.1, 0.15) is 6.07 Å². The topological polar surface area (TPSA) is 70.0 Å². The van der Waals surface area contributed by atoms with Crippen LogP contribution in [0.15, 0.2) is 18.2 Å². The van der Waals surface area contributed by atoms with Crippen LogP contribution in [0.25, 0.3) is 0 Å². The Kier molecular flexibility index (Phi) is 4.02. The Balaban J connectivity index is 3.07. The van der Waals surface area contributed by atoms with Crippen LogP contribution in [-0.2, 0) is 10.0 Å². The first-order valence-corrected chi connectivity index (χ1v) is 7.30. The molecule has 0 aliphatic carbocycles. The quantitative estimate of drug-likeness (QED) is 0.914. The molecule has 18 heavy (non-hydrogen) atoms. The van der Waals surface area contributed by atoms with Gasteiger partial charge in [0.15, 0.2) is 0 Å². The van der Waals surface area contributed by atoms with Crippen LogP contribution in [0.2, 0.25) is 0 Å². The zero-order chi connectivity index (χ0) is 14.0. The van der Waals surface area contributed by atoms with E-state index in [0.29, 0.717) is 11.3 Å². The number of nitriles is 1.